The molecule has 0 aliphatic heterocycles. The summed E-state index contributed by atoms with van der Waals surface area (Å²) < 4.78 is 12.9. The standard InChI is InChI=1S/C10H19FO/c1-3-9(6-5-7-12)8-10(11)4-2/h7,9-10H,3-6,8H2,1-2H3. The van der Waals surface area contributed by atoms with Crippen molar-refractivity contribution in [2.75, 3.05) is 0 Å². The van der Waals surface area contributed by atoms with Crippen molar-refractivity contribution >= 4 is 6.29 Å². The minimum absolute atomic E-state index is 0.394. The van der Waals surface area contributed by atoms with Crippen LogP contribution in [-0.2, 0) is 4.79 Å². The van der Waals surface area contributed by atoms with E-state index < -0.39 is 6.17 Å². The van der Waals surface area contributed by atoms with Crippen molar-refractivity contribution in [2.24, 2.45) is 5.92 Å². The molecule has 0 rings (SSSR count). The van der Waals surface area contributed by atoms with Gasteiger partial charge in [-0.2, -0.15) is 0 Å². The predicted molar refractivity (Wildman–Crippen MR) is 48.9 cm³/mol. The summed E-state index contributed by atoms with van der Waals surface area (Å²) in [5.74, 6) is 0.394. The van der Waals surface area contributed by atoms with Gasteiger partial charge in [0.25, 0.3) is 0 Å². The molecule has 0 fully saturated rings. The predicted octanol–water partition coefficient (Wildman–Crippen LogP) is 3.13. The van der Waals surface area contributed by atoms with Crippen molar-refractivity contribution in [2.45, 2.75) is 52.1 Å². The minimum atomic E-state index is -0.679. The van der Waals surface area contributed by atoms with Crippen molar-refractivity contribution in [3.63, 3.8) is 0 Å². The maximum Gasteiger partial charge on any atom is 0.120 e. The number of carbonyl (C=O) groups is 1. The Labute approximate surface area is 74.4 Å². The topological polar surface area (TPSA) is 17.1 Å². The molecule has 0 amide bonds. The van der Waals surface area contributed by atoms with Crippen LogP contribution < -0.4 is 0 Å². The minimum Gasteiger partial charge on any atom is -0.303 e. The fourth-order valence-electron chi connectivity index (χ4n) is 1.32. The van der Waals surface area contributed by atoms with Gasteiger partial charge < -0.3 is 4.79 Å². The van der Waals surface area contributed by atoms with Crippen LogP contribution in [0.5, 0.6) is 0 Å². The van der Waals surface area contributed by atoms with E-state index in [2.05, 4.69) is 6.92 Å². The third-order valence-electron chi connectivity index (χ3n) is 2.30. The van der Waals surface area contributed by atoms with Crippen molar-refractivity contribution in [1.29, 1.82) is 0 Å². The molecule has 0 spiro atoms. The molecule has 0 aromatic carbocycles. The molecule has 0 heterocycles. The van der Waals surface area contributed by atoms with Gasteiger partial charge in [0.1, 0.15) is 12.5 Å². The van der Waals surface area contributed by atoms with E-state index in [-0.39, 0.29) is 0 Å². The Kier molecular flexibility index (Phi) is 7.02. The fraction of sp³-hybridized carbons (Fsp3) is 0.900. The monoisotopic (exact) mass is 174 g/mol. The van der Waals surface area contributed by atoms with E-state index in [1.54, 1.807) is 0 Å². The van der Waals surface area contributed by atoms with Crippen LogP contribution in [0, 0.1) is 5.92 Å². The van der Waals surface area contributed by atoms with Gasteiger partial charge in [0.2, 0.25) is 0 Å². The molecule has 2 heteroatoms. The lowest BCUT2D eigenvalue weighted by atomic mass is 9.94. The van der Waals surface area contributed by atoms with Gasteiger partial charge in [-0.1, -0.05) is 20.3 Å². The van der Waals surface area contributed by atoms with E-state index >= 15 is 0 Å². The van der Waals surface area contributed by atoms with Gasteiger partial charge in [0.15, 0.2) is 0 Å². The fourth-order valence-corrected chi connectivity index (χ4v) is 1.32. The Morgan fingerprint density at radius 1 is 1.33 bits per heavy atom. The number of aldehydes is 1. The Morgan fingerprint density at radius 3 is 2.42 bits per heavy atom. The van der Waals surface area contributed by atoms with E-state index in [9.17, 15) is 9.18 Å². The SMILES string of the molecule is CCC(F)CC(CC)CCC=O. The van der Waals surface area contributed by atoms with Crippen LogP contribution in [-0.4, -0.2) is 12.5 Å². The summed E-state index contributed by atoms with van der Waals surface area (Å²) in [7, 11) is 0. The highest BCUT2D eigenvalue weighted by Gasteiger charge is 2.12. The molecule has 0 radical (unpaired) electrons. The third kappa shape index (κ3) is 5.28. The molecule has 0 saturated carbocycles. The molecule has 0 aliphatic carbocycles. The summed E-state index contributed by atoms with van der Waals surface area (Å²) >= 11 is 0. The molecular weight excluding hydrogens is 155 g/mol. The van der Waals surface area contributed by atoms with Gasteiger partial charge in [-0.05, 0) is 25.2 Å². The molecule has 1 nitrogen and oxygen atoms in total. The van der Waals surface area contributed by atoms with Gasteiger partial charge in [-0.3, -0.25) is 0 Å². The highest BCUT2D eigenvalue weighted by Crippen LogP contribution is 2.19. The largest absolute Gasteiger partial charge is 0.303 e. The Balaban J connectivity index is 3.58. The number of alkyl halides is 1. The molecule has 0 N–H and O–H groups in total. The van der Waals surface area contributed by atoms with E-state index in [1.807, 2.05) is 6.92 Å². The Hall–Kier alpha value is -0.400. The smallest absolute Gasteiger partial charge is 0.120 e. The zero-order valence-corrected chi connectivity index (χ0v) is 8.05. The van der Waals surface area contributed by atoms with Gasteiger partial charge in [-0.25, -0.2) is 4.39 Å². The van der Waals surface area contributed by atoms with Crippen molar-refractivity contribution in [3.05, 3.63) is 0 Å². The van der Waals surface area contributed by atoms with E-state index in [4.69, 9.17) is 0 Å². The second kappa shape index (κ2) is 7.26. The lowest BCUT2D eigenvalue weighted by Gasteiger charge is -2.14. The second-order valence-corrected chi connectivity index (χ2v) is 3.26. The lowest BCUT2D eigenvalue weighted by molar-refractivity contribution is -0.108. The number of carbonyl (C=O) groups excluding carboxylic acids is 1. The summed E-state index contributed by atoms with van der Waals surface area (Å²) in [5, 5.41) is 0. The molecule has 2 unspecified atom stereocenters. The maximum absolute atomic E-state index is 12.9. The lowest BCUT2D eigenvalue weighted by Crippen LogP contribution is -2.08. The molecule has 72 valence electrons. The molecule has 12 heavy (non-hydrogen) atoms. The quantitative estimate of drug-likeness (QED) is 0.542. The normalized spacial score (nSPS) is 15.6. The zero-order chi connectivity index (χ0) is 9.40. The Bertz CT molecular complexity index is 114. The van der Waals surface area contributed by atoms with Gasteiger partial charge in [0, 0.05) is 6.42 Å². The summed E-state index contributed by atoms with van der Waals surface area (Å²) in [6, 6.07) is 0. The van der Waals surface area contributed by atoms with Gasteiger partial charge >= 0.3 is 0 Å². The van der Waals surface area contributed by atoms with E-state index in [1.165, 1.54) is 0 Å². The van der Waals surface area contributed by atoms with Crippen molar-refractivity contribution < 1.29 is 9.18 Å². The molecule has 0 aromatic rings. The maximum atomic E-state index is 12.9. The zero-order valence-electron chi connectivity index (χ0n) is 8.05. The highest BCUT2D eigenvalue weighted by molar-refractivity contribution is 5.49. The third-order valence-corrected chi connectivity index (χ3v) is 2.30. The van der Waals surface area contributed by atoms with Crippen LogP contribution in [0.15, 0.2) is 0 Å². The number of hydrogen-bond donors (Lipinski definition) is 0. The van der Waals surface area contributed by atoms with Crippen LogP contribution >= 0.6 is 0 Å². The van der Waals surface area contributed by atoms with E-state index in [0.717, 1.165) is 19.1 Å². The van der Waals surface area contributed by atoms with Crippen LogP contribution in [0.3, 0.4) is 0 Å². The first-order valence-corrected chi connectivity index (χ1v) is 4.82. The first-order chi connectivity index (χ1) is 5.74. The Morgan fingerprint density at radius 2 is 2.00 bits per heavy atom. The molecule has 0 saturated heterocycles. The van der Waals surface area contributed by atoms with Crippen molar-refractivity contribution in [3.8, 4) is 0 Å². The number of rotatable bonds is 7. The van der Waals surface area contributed by atoms with Crippen LogP contribution in [0.25, 0.3) is 0 Å². The summed E-state index contributed by atoms with van der Waals surface area (Å²) in [5.41, 5.74) is 0. The van der Waals surface area contributed by atoms with Gasteiger partial charge in [-0.15, -0.1) is 0 Å². The van der Waals surface area contributed by atoms with E-state index in [0.29, 0.717) is 25.2 Å². The van der Waals surface area contributed by atoms with Crippen LogP contribution in [0.2, 0.25) is 0 Å². The summed E-state index contributed by atoms with van der Waals surface area (Å²) in [6.45, 7) is 3.91. The number of halogens is 1. The summed E-state index contributed by atoms with van der Waals surface area (Å²) in [6.07, 6.45) is 3.87. The van der Waals surface area contributed by atoms with Crippen molar-refractivity contribution in [1.82, 2.24) is 0 Å². The molecular formula is C10H19FO. The molecule has 0 bridgehead atoms. The average Bonchev–Trinajstić information content (AvgIpc) is 2.11. The van der Waals surface area contributed by atoms with Crippen LogP contribution in [0.4, 0.5) is 4.39 Å². The highest BCUT2D eigenvalue weighted by atomic mass is 19.1. The number of hydrogen-bond acceptors (Lipinski definition) is 1. The first kappa shape index (κ1) is 11.6. The molecule has 2 atom stereocenters. The van der Waals surface area contributed by atoms with Crippen LogP contribution in [0.1, 0.15) is 46.0 Å². The molecule has 0 aliphatic rings. The molecule has 0 aromatic heterocycles. The second-order valence-electron chi connectivity index (χ2n) is 3.26. The average molecular weight is 174 g/mol. The summed E-state index contributed by atoms with van der Waals surface area (Å²) in [4.78, 5) is 10.1. The first-order valence-electron chi connectivity index (χ1n) is 4.82. The van der Waals surface area contributed by atoms with Gasteiger partial charge in [0.05, 0.1) is 0 Å².